The van der Waals surface area contributed by atoms with E-state index >= 15 is 0 Å². The number of carboxylic acids is 1. The Morgan fingerprint density at radius 1 is 1.50 bits per heavy atom. The van der Waals surface area contributed by atoms with Crippen LogP contribution < -0.4 is 4.90 Å². The second-order valence-electron chi connectivity index (χ2n) is 4.01. The average Bonchev–Trinajstić information content (AvgIpc) is 2.60. The lowest BCUT2D eigenvalue weighted by molar-refractivity contribution is -0.137. The highest BCUT2D eigenvalue weighted by Crippen LogP contribution is 2.30. The molecule has 0 atom stereocenters. The minimum absolute atomic E-state index is 0.250. The summed E-state index contributed by atoms with van der Waals surface area (Å²) in [5.74, 6) is -0.714. The first-order chi connectivity index (χ1) is 7.66. The van der Waals surface area contributed by atoms with Crippen molar-refractivity contribution in [1.82, 2.24) is 0 Å². The number of aliphatic carboxylic acids is 1. The Labute approximate surface area is 103 Å². The van der Waals surface area contributed by atoms with Gasteiger partial charge in [0.05, 0.1) is 0 Å². The number of nitrogens with zero attached hydrogens (tertiary/aromatic N) is 1. The number of anilines is 1. The Morgan fingerprint density at radius 2 is 2.31 bits per heavy atom. The third-order valence-electron chi connectivity index (χ3n) is 2.86. The molecule has 1 aliphatic rings. The number of hydrogen-bond acceptors (Lipinski definition) is 2. The fourth-order valence-electron chi connectivity index (χ4n) is 2.07. The molecule has 1 aromatic carbocycles. The highest BCUT2D eigenvalue weighted by atomic mass is 79.9. The van der Waals surface area contributed by atoms with Crippen molar-refractivity contribution >= 4 is 27.6 Å². The molecule has 1 heterocycles. The number of rotatable bonds is 4. The monoisotopic (exact) mass is 283 g/mol. The molecule has 0 bridgehead atoms. The van der Waals surface area contributed by atoms with Gasteiger partial charge in [-0.3, -0.25) is 4.79 Å². The van der Waals surface area contributed by atoms with E-state index in [1.165, 1.54) is 11.3 Å². The van der Waals surface area contributed by atoms with E-state index in [0.717, 1.165) is 24.0 Å². The molecule has 0 aliphatic carbocycles. The Bertz CT molecular complexity index is 406. The molecule has 0 fully saturated rings. The molecule has 16 heavy (non-hydrogen) atoms. The first kappa shape index (κ1) is 11.5. The van der Waals surface area contributed by atoms with Gasteiger partial charge in [-0.2, -0.15) is 0 Å². The second-order valence-corrected chi connectivity index (χ2v) is 4.92. The summed E-state index contributed by atoms with van der Waals surface area (Å²) in [5.41, 5.74) is 2.61. The smallest absolute Gasteiger partial charge is 0.303 e. The van der Waals surface area contributed by atoms with E-state index < -0.39 is 5.97 Å². The van der Waals surface area contributed by atoms with E-state index in [0.29, 0.717) is 6.42 Å². The van der Waals surface area contributed by atoms with Crippen LogP contribution in [0.25, 0.3) is 0 Å². The van der Waals surface area contributed by atoms with Crippen molar-refractivity contribution in [2.75, 3.05) is 18.0 Å². The predicted octanol–water partition coefficient (Wildman–Crippen LogP) is 2.68. The standard InChI is InChI=1S/C12H14BrNO2/c13-10-4-3-9-5-7-14(11(9)8-10)6-1-2-12(15)16/h3-4,8H,1-2,5-7H2,(H,15,16). The van der Waals surface area contributed by atoms with Gasteiger partial charge in [0.15, 0.2) is 0 Å². The maximum Gasteiger partial charge on any atom is 0.303 e. The summed E-state index contributed by atoms with van der Waals surface area (Å²) in [4.78, 5) is 12.7. The summed E-state index contributed by atoms with van der Waals surface area (Å²) in [6.07, 6.45) is 2.02. The summed E-state index contributed by atoms with van der Waals surface area (Å²) in [5, 5.41) is 8.60. The van der Waals surface area contributed by atoms with Gasteiger partial charge in [-0.25, -0.2) is 0 Å². The number of hydrogen-bond donors (Lipinski definition) is 1. The van der Waals surface area contributed by atoms with Crippen molar-refractivity contribution in [2.45, 2.75) is 19.3 Å². The number of benzene rings is 1. The lowest BCUT2D eigenvalue weighted by atomic mass is 10.2. The molecular formula is C12H14BrNO2. The average molecular weight is 284 g/mol. The van der Waals surface area contributed by atoms with Crippen molar-refractivity contribution in [2.24, 2.45) is 0 Å². The van der Waals surface area contributed by atoms with Crippen LogP contribution in [0.15, 0.2) is 22.7 Å². The van der Waals surface area contributed by atoms with Crippen LogP contribution in [0.4, 0.5) is 5.69 Å². The van der Waals surface area contributed by atoms with Crippen molar-refractivity contribution in [3.8, 4) is 0 Å². The molecular weight excluding hydrogens is 270 g/mol. The molecule has 1 aliphatic heterocycles. The van der Waals surface area contributed by atoms with Crippen molar-refractivity contribution in [3.63, 3.8) is 0 Å². The van der Waals surface area contributed by atoms with E-state index in [9.17, 15) is 4.79 Å². The first-order valence-corrected chi connectivity index (χ1v) is 6.21. The molecule has 4 heteroatoms. The van der Waals surface area contributed by atoms with Gasteiger partial charge in [0.1, 0.15) is 0 Å². The normalized spacial score (nSPS) is 13.9. The number of halogens is 1. The van der Waals surface area contributed by atoms with Crippen molar-refractivity contribution < 1.29 is 9.90 Å². The summed E-state index contributed by atoms with van der Waals surface area (Å²) >= 11 is 3.46. The third-order valence-corrected chi connectivity index (χ3v) is 3.35. The number of carboxylic acid groups (broad SMARTS) is 1. The predicted molar refractivity (Wildman–Crippen MR) is 66.9 cm³/mol. The lowest BCUT2D eigenvalue weighted by Gasteiger charge is -2.18. The topological polar surface area (TPSA) is 40.5 Å². The minimum atomic E-state index is -0.714. The second kappa shape index (κ2) is 4.87. The van der Waals surface area contributed by atoms with E-state index in [1.807, 2.05) is 0 Å². The zero-order valence-electron chi connectivity index (χ0n) is 8.95. The molecule has 1 N–H and O–H groups in total. The summed E-state index contributed by atoms with van der Waals surface area (Å²) in [6.45, 7) is 1.83. The largest absolute Gasteiger partial charge is 0.481 e. The lowest BCUT2D eigenvalue weighted by Crippen LogP contribution is -2.22. The quantitative estimate of drug-likeness (QED) is 0.924. The van der Waals surface area contributed by atoms with E-state index in [2.05, 4.69) is 39.0 Å². The number of carbonyl (C=O) groups is 1. The van der Waals surface area contributed by atoms with Crippen LogP contribution in [0, 0.1) is 0 Å². The zero-order valence-corrected chi connectivity index (χ0v) is 10.5. The molecule has 0 saturated carbocycles. The molecule has 0 unspecified atom stereocenters. The van der Waals surface area contributed by atoms with Gasteiger partial charge >= 0.3 is 5.97 Å². The molecule has 0 radical (unpaired) electrons. The van der Waals surface area contributed by atoms with Crippen molar-refractivity contribution in [3.05, 3.63) is 28.2 Å². The molecule has 1 aromatic rings. The molecule has 86 valence electrons. The van der Waals surface area contributed by atoms with Gasteiger partial charge in [0, 0.05) is 29.7 Å². The summed E-state index contributed by atoms with van der Waals surface area (Å²) in [6, 6.07) is 6.30. The van der Waals surface area contributed by atoms with Crippen LogP contribution in [0.3, 0.4) is 0 Å². The van der Waals surface area contributed by atoms with Crippen LogP contribution in [0.2, 0.25) is 0 Å². The van der Waals surface area contributed by atoms with Gasteiger partial charge in [-0.15, -0.1) is 0 Å². The maximum absolute atomic E-state index is 10.4. The molecule has 0 aromatic heterocycles. The van der Waals surface area contributed by atoms with Crippen LogP contribution in [0.5, 0.6) is 0 Å². The molecule has 0 amide bonds. The Morgan fingerprint density at radius 3 is 3.06 bits per heavy atom. The summed E-state index contributed by atoms with van der Waals surface area (Å²) < 4.78 is 1.08. The van der Waals surface area contributed by atoms with Gasteiger partial charge in [0.2, 0.25) is 0 Å². The fourth-order valence-corrected chi connectivity index (χ4v) is 2.42. The first-order valence-electron chi connectivity index (χ1n) is 5.42. The minimum Gasteiger partial charge on any atom is -0.481 e. The highest BCUT2D eigenvalue weighted by molar-refractivity contribution is 9.10. The van der Waals surface area contributed by atoms with E-state index in [4.69, 9.17) is 5.11 Å². The zero-order chi connectivity index (χ0) is 11.5. The van der Waals surface area contributed by atoms with E-state index in [1.54, 1.807) is 0 Å². The van der Waals surface area contributed by atoms with Crippen LogP contribution in [0.1, 0.15) is 18.4 Å². The highest BCUT2D eigenvalue weighted by Gasteiger charge is 2.18. The van der Waals surface area contributed by atoms with E-state index in [-0.39, 0.29) is 6.42 Å². The number of fused-ring (bicyclic) bond motifs is 1. The van der Waals surface area contributed by atoms with Crippen molar-refractivity contribution in [1.29, 1.82) is 0 Å². The Kier molecular flexibility index (Phi) is 3.49. The van der Waals surface area contributed by atoms with Crippen LogP contribution in [-0.4, -0.2) is 24.2 Å². The van der Waals surface area contributed by atoms with Gasteiger partial charge in [-0.1, -0.05) is 22.0 Å². The van der Waals surface area contributed by atoms with Crippen LogP contribution >= 0.6 is 15.9 Å². The Balaban J connectivity index is 2.00. The molecule has 0 saturated heterocycles. The SMILES string of the molecule is O=C(O)CCCN1CCc2ccc(Br)cc21. The molecule has 2 rings (SSSR count). The van der Waals surface area contributed by atoms with Gasteiger partial charge < -0.3 is 10.0 Å². The maximum atomic E-state index is 10.4. The van der Waals surface area contributed by atoms with Crippen LogP contribution in [-0.2, 0) is 11.2 Å². The summed E-state index contributed by atoms with van der Waals surface area (Å²) in [7, 11) is 0. The third kappa shape index (κ3) is 2.55. The van der Waals surface area contributed by atoms with Gasteiger partial charge in [0.25, 0.3) is 0 Å². The fraction of sp³-hybridized carbons (Fsp3) is 0.417. The molecule has 3 nitrogen and oxygen atoms in total. The molecule has 0 spiro atoms. The van der Waals surface area contributed by atoms with Gasteiger partial charge in [-0.05, 0) is 30.5 Å². The Hall–Kier alpha value is -1.03.